The number of piperidine rings is 1. The molecule has 4 rings (SSSR count). The van der Waals surface area contributed by atoms with Crippen molar-refractivity contribution in [2.45, 2.75) is 18.8 Å². The summed E-state index contributed by atoms with van der Waals surface area (Å²) in [5.41, 5.74) is 2.14. The SMILES string of the molecule is Cl.O=C(C1CNC1)N1CCC(c2nc3ccccc3[nH]2)CC1. The van der Waals surface area contributed by atoms with Gasteiger partial charge >= 0.3 is 0 Å². The molecule has 2 N–H and O–H groups in total. The van der Waals surface area contributed by atoms with Crippen molar-refractivity contribution in [2.75, 3.05) is 26.2 Å². The third-order valence-corrected chi connectivity index (χ3v) is 4.73. The Labute approximate surface area is 135 Å². The Kier molecular flexibility index (Phi) is 4.36. The van der Waals surface area contributed by atoms with Gasteiger partial charge in [0.05, 0.1) is 17.0 Å². The molecular weight excluding hydrogens is 300 g/mol. The lowest BCUT2D eigenvalue weighted by Crippen LogP contribution is -2.53. The van der Waals surface area contributed by atoms with Crippen molar-refractivity contribution in [1.29, 1.82) is 0 Å². The first-order valence-electron chi connectivity index (χ1n) is 7.75. The van der Waals surface area contributed by atoms with E-state index in [0.717, 1.165) is 55.9 Å². The molecule has 0 radical (unpaired) electrons. The van der Waals surface area contributed by atoms with E-state index in [4.69, 9.17) is 4.98 Å². The van der Waals surface area contributed by atoms with Gasteiger partial charge in [0.2, 0.25) is 5.91 Å². The second kappa shape index (κ2) is 6.26. The minimum Gasteiger partial charge on any atom is -0.342 e. The van der Waals surface area contributed by atoms with E-state index in [9.17, 15) is 4.79 Å². The first-order chi connectivity index (χ1) is 10.3. The lowest BCUT2D eigenvalue weighted by molar-refractivity contribution is -0.138. The normalized spacial score (nSPS) is 19.7. The van der Waals surface area contributed by atoms with Gasteiger partial charge in [0, 0.05) is 32.1 Å². The molecule has 0 unspecified atom stereocenters. The summed E-state index contributed by atoms with van der Waals surface area (Å²) in [5, 5.41) is 3.17. The van der Waals surface area contributed by atoms with Crippen LogP contribution in [0.15, 0.2) is 24.3 Å². The molecule has 0 bridgehead atoms. The topological polar surface area (TPSA) is 61.0 Å². The fourth-order valence-corrected chi connectivity index (χ4v) is 3.26. The van der Waals surface area contributed by atoms with Gasteiger partial charge in [-0.15, -0.1) is 12.4 Å². The average molecular weight is 321 g/mol. The highest BCUT2D eigenvalue weighted by Gasteiger charge is 2.32. The number of hydrogen-bond donors (Lipinski definition) is 2. The smallest absolute Gasteiger partial charge is 0.228 e. The highest BCUT2D eigenvalue weighted by molar-refractivity contribution is 5.85. The summed E-state index contributed by atoms with van der Waals surface area (Å²) in [5.74, 6) is 2.07. The molecule has 118 valence electrons. The van der Waals surface area contributed by atoms with Crippen molar-refractivity contribution in [1.82, 2.24) is 20.2 Å². The number of imidazole rings is 1. The number of aromatic amines is 1. The molecule has 2 aliphatic rings. The summed E-state index contributed by atoms with van der Waals surface area (Å²) < 4.78 is 0. The molecule has 22 heavy (non-hydrogen) atoms. The minimum atomic E-state index is 0. The molecule has 2 aromatic rings. The third-order valence-electron chi connectivity index (χ3n) is 4.73. The predicted molar refractivity (Wildman–Crippen MR) is 88.3 cm³/mol. The van der Waals surface area contributed by atoms with Crippen molar-refractivity contribution in [3.63, 3.8) is 0 Å². The zero-order chi connectivity index (χ0) is 14.2. The van der Waals surface area contributed by atoms with E-state index in [1.165, 1.54) is 0 Å². The van der Waals surface area contributed by atoms with Gasteiger partial charge in [0.1, 0.15) is 5.82 Å². The Morgan fingerprint density at radius 3 is 2.55 bits per heavy atom. The first kappa shape index (κ1) is 15.3. The van der Waals surface area contributed by atoms with Crippen molar-refractivity contribution in [2.24, 2.45) is 5.92 Å². The number of nitrogens with zero attached hydrogens (tertiary/aromatic N) is 2. The predicted octanol–water partition coefficient (Wildman–Crippen LogP) is 1.91. The number of nitrogens with one attached hydrogen (secondary N) is 2. The Bertz CT molecular complexity index is 626. The summed E-state index contributed by atoms with van der Waals surface area (Å²) in [6, 6.07) is 8.14. The molecule has 0 spiro atoms. The Morgan fingerprint density at radius 2 is 1.91 bits per heavy atom. The highest BCUT2D eigenvalue weighted by Crippen LogP contribution is 2.28. The summed E-state index contributed by atoms with van der Waals surface area (Å²) in [6.45, 7) is 3.42. The molecule has 1 aromatic carbocycles. The van der Waals surface area contributed by atoms with Crippen molar-refractivity contribution < 1.29 is 4.79 Å². The van der Waals surface area contributed by atoms with Crippen molar-refractivity contribution >= 4 is 29.3 Å². The number of hydrogen-bond acceptors (Lipinski definition) is 3. The quantitative estimate of drug-likeness (QED) is 0.888. The van der Waals surface area contributed by atoms with Gasteiger partial charge in [0.25, 0.3) is 0 Å². The van der Waals surface area contributed by atoms with Gasteiger partial charge < -0.3 is 15.2 Å². The van der Waals surface area contributed by atoms with Crippen LogP contribution in [0.1, 0.15) is 24.6 Å². The van der Waals surface area contributed by atoms with E-state index in [0.29, 0.717) is 11.8 Å². The summed E-state index contributed by atoms with van der Waals surface area (Å²) in [4.78, 5) is 22.4. The van der Waals surface area contributed by atoms with Gasteiger partial charge in [-0.25, -0.2) is 4.98 Å². The number of carbonyl (C=O) groups excluding carboxylic acids is 1. The molecule has 2 saturated heterocycles. The molecule has 0 saturated carbocycles. The van der Waals surface area contributed by atoms with E-state index >= 15 is 0 Å². The summed E-state index contributed by atoms with van der Waals surface area (Å²) in [7, 11) is 0. The van der Waals surface area contributed by atoms with Crippen molar-refractivity contribution in [3.05, 3.63) is 30.1 Å². The van der Waals surface area contributed by atoms with Gasteiger partial charge in [-0.1, -0.05) is 12.1 Å². The molecule has 5 nitrogen and oxygen atoms in total. The summed E-state index contributed by atoms with van der Waals surface area (Å²) >= 11 is 0. The number of rotatable bonds is 2. The van der Waals surface area contributed by atoms with Gasteiger partial charge in [0.15, 0.2) is 0 Å². The van der Waals surface area contributed by atoms with Crippen molar-refractivity contribution in [3.8, 4) is 0 Å². The molecule has 3 heterocycles. The van der Waals surface area contributed by atoms with Crippen LogP contribution in [0.25, 0.3) is 11.0 Å². The van der Waals surface area contributed by atoms with E-state index in [-0.39, 0.29) is 18.3 Å². The third kappa shape index (κ3) is 2.71. The number of carbonyl (C=O) groups is 1. The highest BCUT2D eigenvalue weighted by atomic mass is 35.5. The molecule has 6 heteroatoms. The fraction of sp³-hybridized carbons (Fsp3) is 0.500. The zero-order valence-electron chi connectivity index (χ0n) is 12.4. The number of benzene rings is 1. The van der Waals surface area contributed by atoms with Crippen LogP contribution < -0.4 is 5.32 Å². The Morgan fingerprint density at radius 1 is 1.18 bits per heavy atom. The maximum atomic E-state index is 12.2. The Hall–Kier alpha value is -1.59. The molecule has 1 aromatic heterocycles. The van der Waals surface area contributed by atoms with Crippen LogP contribution >= 0.6 is 12.4 Å². The maximum absolute atomic E-state index is 12.2. The second-order valence-corrected chi connectivity index (χ2v) is 6.09. The van der Waals surface area contributed by atoms with Crippen LogP contribution in [-0.2, 0) is 4.79 Å². The lowest BCUT2D eigenvalue weighted by Gasteiger charge is -2.36. The first-order valence-corrected chi connectivity index (χ1v) is 7.75. The number of para-hydroxylation sites is 2. The molecule has 1 amide bonds. The lowest BCUT2D eigenvalue weighted by atomic mass is 9.94. The van der Waals surface area contributed by atoms with Gasteiger partial charge in [-0.3, -0.25) is 4.79 Å². The molecular formula is C16H21ClN4O. The molecule has 2 fully saturated rings. The van der Waals surface area contributed by atoms with Gasteiger partial charge in [-0.2, -0.15) is 0 Å². The van der Waals surface area contributed by atoms with Crippen LogP contribution in [-0.4, -0.2) is 47.0 Å². The number of H-pyrrole nitrogens is 1. The van der Waals surface area contributed by atoms with Crippen LogP contribution in [0.5, 0.6) is 0 Å². The maximum Gasteiger partial charge on any atom is 0.228 e. The number of amides is 1. The number of fused-ring (bicyclic) bond motifs is 1. The van der Waals surface area contributed by atoms with E-state index in [1.54, 1.807) is 0 Å². The molecule has 2 aliphatic heterocycles. The average Bonchev–Trinajstić information content (AvgIpc) is 2.89. The largest absolute Gasteiger partial charge is 0.342 e. The van der Waals surface area contributed by atoms with Gasteiger partial charge in [-0.05, 0) is 25.0 Å². The van der Waals surface area contributed by atoms with E-state index < -0.39 is 0 Å². The molecule has 0 aliphatic carbocycles. The monoisotopic (exact) mass is 320 g/mol. The number of aromatic nitrogens is 2. The number of likely N-dealkylation sites (tertiary alicyclic amines) is 1. The number of halogens is 1. The Balaban J connectivity index is 0.00000144. The minimum absolute atomic E-state index is 0. The van der Waals surface area contributed by atoms with E-state index in [1.807, 2.05) is 23.1 Å². The molecule has 0 atom stereocenters. The second-order valence-electron chi connectivity index (χ2n) is 6.09. The standard InChI is InChI=1S/C16H20N4O.ClH/c21-16(12-9-17-10-12)20-7-5-11(6-8-20)15-18-13-3-1-2-4-14(13)19-15;/h1-4,11-12,17H,5-10H2,(H,18,19);1H. The van der Waals surface area contributed by atoms with Crippen LogP contribution in [0.3, 0.4) is 0 Å². The summed E-state index contributed by atoms with van der Waals surface area (Å²) in [6.07, 6.45) is 2.01. The van der Waals surface area contributed by atoms with Crippen LogP contribution in [0.4, 0.5) is 0 Å². The van der Waals surface area contributed by atoms with E-state index in [2.05, 4.69) is 16.4 Å². The fourth-order valence-electron chi connectivity index (χ4n) is 3.26. The van der Waals surface area contributed by atoms with Crippen LogP contribution in [0, 0.1) is 5.92 Å². The van der Waals surface area contributed by atoms with Crippen LogP contribution in [0.2, 0.25) is 0 Å². The zero-order valence-corrected chi connectivity index (χ0v) is 13.2.